The van der Waals surface area contributed by atoms with E-state index in [1.807, 2.05) is 36.4 Å². The number of guanidine groups is 2. The van der Waals surface area contributed by atoms with Crippen molar-refractivity contribution in [3.63, 3.8) is 0 Å². The number of ether oxygens (including phenoxy) is 1. The van der Waals surface area contributed by atoms with E-state index < -0.39 is 23.8 Å². The number of amides is 2. The number of benzene rings is 2. The number of nitrogens with two attached hydrogens (primary N) is 1. The van der Waals surface area contributed by atoms with Crippen molar-refractivity contribution >= 4 is 51.4 Å². The van der Waals surface area contributed by atoms with Gasteiger partial charge in [0.2, 0.25) is 23.7 Å². The van der Waals surface area contributed by atoms with Gasteiger partial charge in [0, 0.05) is 26.8 Å². The average molecular weight is 487 g/mol. The van der Waals surface area contributed by atoms with Gasteiger partial charge in [0.15, 0.2) is 5.12 Å². The molecule has 5 N–H and O–H groups in total. The van der Waals surface area contributed by atoms with Gasteiger partial charge in [-0.3, -0.25) is 25.1 Å². The summed E-state index contributed by atoms with van der Waals surface area (Å²) in [7, 11) is 4.83. The Balaban J connectivity index is 2.07. The second-order valence-electron chi connectivity index (χ2n) is 7.78. The number of fused-ring (bicyclic) bond motifs is 1. The molecule has 0 radical (unpaired) electrons. The summed E-state index contributed by atoms with van der Waals surface area (Å²) in [5.41, 5.74) is 6.52. The van der Waals surface area contributed by atoms with E-state index in [1.54, 1.807) is 28.1 Å². The predicted octanol–water partition coefficient (Wildman–Crippen LogP) is 1.64. The molecule has 2 amide bonds. The molecule has 0 unspecified atom stereocenters. The fraction of sp³-hybridized carbons (Fsp3) is 0.348. The molecule has 0 aliphatic heterocycles. The summed E-state index contributed by atoms with van der Waals surface area (Å²) in [5.74, 6) is -1.15. The lowest BCUT2D eigenvalue weighted by atomic mass is 9.99. The Bertz CT molecular complexity index is 1120. The number of hydrogen-bond donors (Lipinski definition) is 4. The molecule has 182 valence electrons. The van der Waals surface area contributed by atoms with Gasteiger partial charge in [-0.1, -0.05) is 43.0 Å². The first-order valence-electron chi connectivity index (χ1n) is 10.4. The normalized spacial score (nSPS) is 13.0. The molecule has 0 aromatic heterocycles. The Hall–Kier alpha value is -3.60. The highest BCUT2D eigenvalue weighted by atomic mass is 32.2. The van der Waals surface area contributed by atoms with E-state index in [9.17, 15) is 14.4 Å². The minimum Gasteiger partial charge on any atom is -0.497 e. The number of carbonyl (C=O) groups is 3. The first-order valence-corrected chi connectivity index (χ1v) is 11.4. The number of nitrogens with zero attached hydrogens (tertiary/aromatic N) is 2. The van der Waals surface area contributed by atoms with Crippen LogP contribution in [0.5, 0.6) is 5.75 Å². The van der Waals surface area contributed by atoms with Crippen LogP contribution in [0.4, 0.5) is 0 Å². The van der Waals surface area contributed by atoms with Crippen molar-refractivity contribution in [1.29, 1.82) is 5.41 Å². The molecule has 0 saturated heterocycles. The first-order chi connectivity index (χ1) is 16.0. The third kappa shape index (κ3) is 7.48. The van der Waals surface area contributed by atoms with Crippen LogP contribution in [0.1, 0.15) is 25.3 Å². The minimum absolute atomic E-state index is 0.0117. The van der Waals surface area contributed by atoms with Gasteiger partial charge in [0.25, 0.3) is 0 Å². The zero-order chi connectivity index (χ0) is 25.4. The molecule has 2 atom stereocenters. The number of nitrogens with one attached hydrogen (secondary N) is 3. The summed E-state index contributed by atoms with van der Waals surface area (Å²) in [5, 5.41) is 14.4. The molecule has 0 bridgehead atoms. The van der Waals surface area contributed by atoms with Gasteiger partial charge >= 0.3 is 0 Å². The van der Waals surface area contributed by atoms with Gasteiger partial charge in [-0.25, -0.2) is 0 Å². The third-order valence-electron chi connectivity index (χ3n) is 4.91. The van der Waals surface area contributed by atoms with Gasteiger partial charge in [-0.05, 0) is 28.5 Å². The van der Waals surface area contributed by atoms with E-state index in [2.05, 4.69) is 15.6 Å². The van der Waals surface area contributed by atoms with Crippen molar-refractivity contribution in [2.75, 3.05) is 27.0 Å². The smallest absolute Gasteiger partial charge is 0.250 e. The topological polar surface area (TPSA) is 150 Å². The maximum atomic E-state index is 12.9. The second-order valence-corrected chi connectivity index (χ2v) is 8.81. The Morgan fingerprint density at radius 2 is 1.82 bits per heavy atom. The Labute approximate surface area is 202 Å². The SMILES string of the molecule is COc1ccc2cc([C@@H](C)C(=O)SC[C@@H](NC(C)=O)C(=O)N/C(N)=N/C(=N)N(C)C)ccc2c1. The summed E-state index contributed by atoms with van der Waals surface area (Å²) in [6, 6.07) is 10.5. The first kappa shape index (κ1) is 26.7. The maximum absolute atomic E-state index is 12.9. The van der Waals surface area contributed by atoms with Crippen LogP contribution in [0.2, 0.25) is 0 Å². The van der Waals surface area contributed by atoms with Crippen LogP contribution in [0, 0.1) is 5.41 Å². The molecular formula is C23H30N6O4S. The summed E-state index contributed by atoms with van der Waals surface area (Å²) >= 11 is 0.949. The fourth-order valence-electron chi connectivity index (χ4n) is 2.95. The van der Waals surface area contributed by atoms with E-state index >= 15 is 0 Å². The molecule has 2 aromatic rings. The Kier molecular flexibility index (Phi) is 9.43. The molecule has 0 spiro atoms. The molecule has 11 heteroatoms. The number of carbonyl (C=O) groups excluding carboxylic acids is 3. The van der Waals surface area contributed by atoms with Crippen LogP contribution >= 0.6 is 11.8 Å². The largest absolute Gasteiger partial charge is 0.497 e. The minimum atomic E-state index is -1.01. The zero-order valence-corrected chi connectivity index (χ0v) is 20.7. The molecular weight excluding hydrogens is 456 g/mol. The van der Waals surface area contributed by atoms with E-state index in [1.165, 1.54) is 11.8 Å². The fourth-order valence-corrected chi connectivity index (χ4v) is 3.90. The molecule has 0 saturated carbocycles. The van der Waals surface area contributed by atoms with Crippen LogP contribution in [0.3, 0.4) is 0 Å². The summed E-state index contributed by atoms with van der Waals surface area (Å²) < 4.78 is 5.24. The maximum Gasteiger partial charge on any atom is 0.250 e. The number of aliphatic imine (C=N–C) groups is 1. The van der Waals surface area contributed by atoms with Crippen LogP contribution in [0.15, 0.2) is 41.4 Å². The molecule has 0 fully saturated rings. The van der Waals surface area contributed by atoms with Crippen molar-refractivity contribution < 1.29 is 19.1 Å². The lowest BCUT2D eigenvalue weighted by Crippen LogP contribution is -2.51. The van der Waals surface area contributed by atoms with Crippen molar-refractivity contribution in [3.05, 3.63) is 42.0 Å². The molecule has 2 aromatic carbocycles. The highest BCUT2D eigenvalue weighted by Crippen LogP contribution is 2.28. The van der Waals surface area contributed by atoms with Gasteiger partial charge in [-0.15, -0.1) is 0 Å². The van der Waals surface area contributed by atoms with Crippen LogP contribution in [0.25, 0.3) is 10.8 Å². The number of rotatable bonds is 7. The van der Waals surface area contributed by atoms with Crippen LogP contribution in [-0.2, 0) is 14.4 Å². The average Bonchev–Trinajstić information content (AvgIpc) is 2.79. The van der Waals surface area contributed by atoms with Crippen molar-refractivity contribution in [2.45, 2.75) is 25.8 Å². The van der Waals surface area contributed by atoms with Crippen LogP contribution in [-0.4, -0.2) is 66.7 Å². The lowest BCUT2D eigenvalue weighted by Gasteiger charge is -2.18. The summed E-state index contributed by atoms with van der Waals surface area (Å²) in [6.07, 6.45) is 0. The van der Waals surface area contributed by atoms with Gasteiger partial charge in [0.1, 0.15) is 11.8 Å². The van der Waals surface area contributed by atoms with Gasteiger partial charge in [-0.2, -0.15) is 4.99 Å². The number of methoxy groups -OCH3 is 1. The molecule has 0 aliphatic carbocycles. The number of hydrogen-bond acceptors (Lipinski definition) is 6. The summed E-state index contributed by atoms with van der Waals surface area (Å²) in [4.78, 5) is 42.2. The molecule has 0 heterocycles. The standard InChI is InChI=1S/C23H30N6O4S/c1-13(15-6-7-17-11-18(33-5)9-8-16(17)10-15)21(32)34-12-19(26-14(2)30)20(31)27-22(24)28-23(25)29(3)4/h6-11,13,19H,12H2,1-5H3,(H,26,30)(H4,24,25,27,28,31)/t13-,19-/m1/s1. The quantitative estimate of drug-likeness (QED) is 0.343. The Morgan fingerprint density at radius 3 is 2.44 bits per heavy atom. The van der Waals surface area contributed by atoms with E-state index in [-0.39, 0.29) is 22.8 Å². The van der Waals surface area contributed by atoms with E-state index in [4.69, 9.17) is 15.9 Å². The second kappa shape index (κ2) is 12.0. The zero-order valence-electron chi connectivity index (χ0n) is 19.8. The van der Waals surface area contributed by atoms with Crippen molar-refractivity contribution in [2.24, 2.45) is 10.7 Å². The van der Waals surface area contributed by atoms with E-state index in [0.29, 0.717) is 0 Å². The van der Waals surface area contributed by atoms with E-state index in [0.717, 1.165) is 33.8 Å². The Morgan fingerprint density at radius 1 is 1.18 bits per heavy atom. The monoisotopic (exact) mass is 486 g/mol. The predicted molar refractivity (Wildman–Crippen MR) is 135 cm³/mol. The summed E-state index contributed by atoms with van der Waals surface area (Å²) in [6.45, 7) is 3.07. The molecule has 34 heavy (non-hydrogen) atoms. The third-order valence-corrected chi connectivity index (χ3v) is 6.05. The number of thioether (sulfide) groups is 1. The lowest BCUT2D eigenvalue weighted by molar-refractivity contribution is -0.126. The highest BCUT2D eigenvalue weighted by Gasteiger charge is 2.24. The highest BCUT2D eigenvalue weighted by molar-refractivity contribution is 8.13. The molecule has 10 nitrogen and oxygen atoms in total. The van der Waals surface area contributed by atoms with Gasteiger partial charge in [0.05, 0.1) is 13.0 Å². The molecule has 2 rings (SSSR count). The van der Waals surface area contributed by atoms with Gasteiger partial charge < -0.3 is 20.7 Å². The molecule has 0 aliphatic rings. The van der Waals surface area contributed by atoms with Crippen molar-refractivity contribution in [1.82, 2.24) is 15.5 Å². The van der Waals surface area contributed by atoms with Crippen molar-refractivity contribution in [3.8, 4) is 5.75 Å². The van der Waals surface area contributed by atoms with Crippen LogP contribution < -0.4 is 21.1 Å².